The van der Waals surface area contributed by atoms with E-state index < -0.39 is 23.5 Å². The molecule has 38 heavy (non-hydrogen) atoms. The van der Waals surface area contributed by atoms with Gasteiger partial charge in [-0.05, 0) is 66.4 Å². The average molecular weight is 538 g/mol. The summed E-state index contributed by atoms with van der Waals surface area (Å²) in [6, 6.07) is 14.3. The minimum Gasteiger partial charge on any atom is -0.507 e. The van der Waals surface area contributed by atoms with Crippen LogP contribution in [0.25, 0.3) is 5.76 Å². The van der Waals surface area contributed by atoms with E-state index in [4.69, 9.17) is 21.1 Å². The van der Waals surface area contributed by atoms with Crippen molar-refractivity contribution in [2.24, 2.45) is 0 Å². The molecule has 0 radical (unpaired) electrons. The molecule has 1 atom stereocenters. The van der Waals surface area contributed by atoms with Crippen LogP contribution in [0.3, 0.4) is 0 Å². The van der Waals surface area contributed by atoms with Crippen molar-refractivity contribution < 1.29 is 28.6 Å². The fraction of sp³-hybridized carbons (Fsp3) is 0.267. The molecule has 198 valence electrons. The number of carbonyl (C=O) groups is 2. The standard InChI is InChI=1S/C30H29ClFNO5/c1-6-38-23-13-9-18(15-21(23)30(2,3)4)27(34)25-26(17-7-10-19(32)11-8-17)33(29(36)28(25)35)20-12-14-24(37-5)22(31)16-20/h7-16,26,34H,6H2,1-5H3/b27-25-. The van der Waals surface area contributed by atoms with E-state index in [0.29, 0.717) is 34.9 Å². The van der Waals surface area contributed by atoms with Crippen LogP contribution in [0.15, 0.2) is 66.2 Å². The van der Waals surface area contributed by atoms with Gasteiger partial charge in [-0.25, -0.2) is 4.39 Å². The average Bonchev–Trinajstić information content (AvgIpc) is 3.14. The number of amides is 1. The van der Waals surface area contributed by atoms with E-state index in [9.17, 15) is 19.1 Å². The number of nitrogens with zero attached hydrogens (tertiary/aromatic N) is 1. The summed E-state index contributed by atoms with van der Waals surface area (Å²) in [7, 11) is 1.47. The molecule has 0 bridgehead atoms. The van der Waals surface area contributed by atoms with Gasteiger partial charge in [-0.15, -0.1) is 0 Å². The van der Waals surface area contributed by atoms with Gasteiger partial charge in [-0.1, -0.05) is 44.5 Å². The zero-order chi connectivity index (χ0) is 27.8. The number of aliphatic hydroxyl groups is 1. The van der Waals surface area contributed by atoms with Crippen molar-refractivity contribution >= 4 is 34.7 Å². The van der Waals surface area contributed by atoms with Gasteiger partial charge in [-0.2, -0.15) is 0 Å². The van der Waals surface area contributed by atoms with Crippen LogP contribution in [0.1, 0.15) is 50.4 Å². The summed E-state index contributed by atoms with van der Waals surface area (Å²) >= 11 is 6.33. The van der Waals surface area contributed by atoms with Crippen LogP contribution in [0.5, 0.6) is 11.5 Å². The number of ketones is 1. The molecule has 1 aliphatic heterocycles. The van der Waals surface area contributed by atoms with Gasteiger partial charge in [0.2, 0.25) is 0 Å². The van der Waals surface area contributed by atoms with E-state index in [2.05, 4.69) is 0 Å². The molecular formula is C30H29ClFNO5. The maximum atomic E-state index is 13.8. The smallest absolute Gasteiger partial charge is 0.300 e. The molecule has 1 saturated heterocycles. The highest BCUT2D eigenvalue weighted by molar-refractivity contribution is 6.51. The van der Waals surface area contributed by atoms with Crippen molar-refractivity contribution in [3.05, 3.63) is 93.8 Å². The summed E-state index contributed by atoms with van der Waals surface area (Å²) in [6.07, 6.45) is 0. The number of Topliss-reactive ketones (excluding diaryl/α,β-unsaturated/α-hetero) is 1. The molecule has 1 aliphatic rings. The van der Waals surface area contributed by atoms with E-state index in [1.807, 2.05) is 27.7 Å². The molecular weight excluding hydrogens is 509 g/mol. The van der Waals surface area contributed by atoms with E-state index >= 15 is 0 Å². The quantitative estimate of drug-likeness (QED) is 0.212. The number of hydrogen-bond donors (Lipinski definition) is 1. The van der Waals surface area contributed by atoms with Crippen LogP contribution in [-0.4, -0.2) is 30.5 Å². The Kier molecular flexibility index (Phi) is 7.51. The van der Waals surface area contributed by atoms with Gasteiger partial charge in [0.15, 0.2) is 0 Å². The van der Waals surface area contributed by atoms with Crippen molar-refractivity contribution in [3.63, 3.8) is 0 Å². The first-order valence-electron chi connectivity index (χ1n) is 12.2. The van der Waals surface area contributed by atoms with Gasteiger partial charge in [0.1, 0.15) is 23.1 Å². The van der Waals surface area contributed by atoms with Gasteiger partial charge >= 0.3 is 0 Å². The Labute approximate surface area is 226 Å². The van der Waals surface area contributed by atoms with Crippen molar-refractivity contribution in [3.8, 4) is 11.5 Å². The summed E-state index contributed by atoms with van der Waals surface area (Å²) < 4.78 is 24.8. The van der Waals surface area contributed by atoms with E-state index in [0.717, 1.165) is 5.56 Å². The molecule has 0 aromatic heterocycles. The maximum absolute atomic E-state index is 13.8. The topological polar surface area (TPSA) is 76.1 Å². The van der Waals surface area contributed by atoms with Crippen molar-refractivity contribution in [1.82, 2.24) is 0 Å². The van der Waals surface area contributed by atoms with Gasteiger partial charge in [0.05, 0.1) is 30.4 Å². The molecule has 1 amide bonds. The Hall–Kier alpha value is -3.84. The molecule has 1 unspecified atom stereocenters. The van der Waals surface area contributed by atoms with Crippen LogP contribution < -0.4 is 14.4 Å². The van der Waals surface area contributed by atoms with Gasteiger partial charge in [-0.3, -0.25) is 14.5 Å². The fourth-order valence-corrected chi connectivity index (χ4v) is 4.82. The van der Waals surface area contributed by atoms with Crippen LogP contribution in [0, 0.1) is 5.82 Å². The highest BCUT2D eigenvalue weighted by Crippen LogP contribution is 2.44. The number of carbonyl (C=O) groups excluding carboxylic acids is 2. The number of ether oxygens (including phenoxy) is 2. The minimum absolute atomic E-state index is 0.113. The molecule has 4 rings (SSSR count). The molecule has 6 nitrogen and oxygen atoms in total. The van der Waals surface area contributed by atoms with E-state index in [1.165, 1.54) is 42.3 Å². The molecule has 1 fully saturated rings. The number of hydrogen-bond acceptors (Lipinski definition) is 5. The number of anilines is 1. The highest BCUT2D eigenvalue weighted by Gasteiger charge is 2.47. The highest BCUT2D eigenvalue weighted by atomic mass is 35.5. The first kappa shape index (κ1) is 27.2. The van der Waals surface area contributed by atoms with E-state index in [-0.39, 0.29) is 21.8 Å². The second-order valence-corrected chi connectivity index (χ2v) is 10.3. The largest absolute Gasteiger partial charge is 0.507 e. The number of halogens is 2. The summed E-state index contributed by atoms with van der Waals surface area (Å²) in [5, 5.41) is 11.8. The van der Waals surface area contributed by atoms with E-state index in [1.54, 1.807) is 30.3 Å². The summed E-state index contributed by atoms with van der Waals surface area (Å²) in [5.74, 6) is -1.46. The van der Waals surface area contributed by atoms with Crippen LogP contribution >= 0.6 is 11.6 Å². The number of methoxy groups -OCH3 is 1. The van der Waals surface area contributed by atoms with Crippen molar-refractivity contribution in [2.45, 2.75) is 39.2 Å². The lowest BCUT2D eigenvalue weighted by atomic mass is 9.84. The fourth-order valence-electron chi connectivity index (χ4n) is 4.56. The Morgan fingerprint density at radius 3 is 2.26 bits per heavy atom. The zero-order valence-electron chi connectivity index (χ0n) is 21.8. The zero-order valence-corrected chi connectivity index (χ0v) is 22.6. The SMILES string of the molecule is CCOc1ccc(/C(O)=C2/C(=O)C(=O)N(c3ccc(OC)c(Cl)c3)C2c2ccc(F)cc2)cc1C(C)(C)C. The normalized spacial score (nSPS) is 17.1. The predicted molar refractivity (Wildman–Crippen MR) is 145 cm³/mol. The predicted octanol–water partition coefficient (Wildman–Crippen LogP) is 6.81. The third-order valence-corrected chi connectivity index (χ3v) is 6.70. The Bertz CT molecular complexity index is 1430. The Balaban J connectivity index is 1.94. The second-order valence-electron chi connectivity index (χ2n) is 9.93. The Morgan fingerprint density at radius 2 is 1.68 bits per heavy atom. The first-order valence-corrected chi connectivity index (χ1v) is 12.5. The summed E-state index contributed by atoms with van der Waals surface area (Å²) in [6.45, 7) is 8.39. The number of aliphatic hydroxyl groups excluding tert-OH is 1. The lowest BCUT2D eigenvalue weighted by molar-refractivity contribution is -0.132. The van der Waals surface area contributed by atoms with Crippen molar-refractivity contribution in [2.75, 3.05) is 18.6 Å². The van der Waals surface area contributed by atoms with Gasteiger partial charge < -0.3 is 14.6 Å². The molecule has 0 aliphatic carbocycles. The molecule has 1 N–H and O–H groups in total. The van der Waals surface area contributed by atoms with Crippen molar-refractivity contribution in [1.29, 1.82) is 0 Å². The van der Waals surface area contributed by atoms with Crippen LogP contribution in [0.4, 0.5) is 10.1 Å². The lowest BCUT2D eigenvalue weighted by Crippen LogP contribution is -2.29. The molecule has 3 aromatic carbocycles. The van der Waals surface area contributed by atoms with Gasteiger partial charge in [0.25, 0.3) is 11.7 Å². The Morgan fingerprint density at radius 1 is 1.03 bits per heavy atom. The minimum atomic E-state index is -1.02. The first-order chi connectivity index (χ1) is 18.0. The molecule has 0 spiro atoms. The molecule has 3 aromatic rings. The third kappa shape index (κ3) is 4.98. The second kappa shape index (κ2) is 10.5. The lowest BCUT2D eigenvalue weighted by Gasteiger charge is -2.26. The molecule has 8 heteroatoms. The van der Waals surface area contributed by atoms with Crippen LogP contribution in [-0.2, 0) is 15.0 Å². The van der Waals surface area contributed by atoms with Crippen LogP contribution in [0.2, 0.25) is 5.02 Å². The molecule has 1 heterocycles. The number of rotatable bonds is 6. The summed E-state index contributed by atoms with van der Waals surface area (Å²) in [5.41, 5.74) is 1.52. The summed E-state index contributed by atoms with van der Waals surface area (Å²) in [4.78, 5) is 28.1. The monoisotopic (exact) mass is 537 g/mol. The van der Waals surface area contributed by atoms with Gasteiger partial charge in [0, 0.05) is 16.8 Å². The third-order valence-electron chi connectivity index (χ3n) is 6.40. The maximum Gasteiger partial charge on any atom is 0.300 e. The number of benzene rings is 3. The molecule has 0 saturated carbocycles.